The second-order valence-electron chi connectivity index (χ2n) is 10.3. The largest absolute Gasteiger partial charge is 0.444 e. The zero-order valence-electron chi connectivity index (χ0n) is 19.8. The summed E-state index contributed by atoms with van der Waals surface area (Å²) in [6.45, 7) is 13.7. The van der Waals surface area contributed by atoms with E-state index in [1.54, 1.807) is 17.0 Å². The molecule has 1 aromatic heterocycles. The summed E-state index contributed by atoms with van der Waals surface area (Å²) < 4.78 is 41.1. The van der Waals surface area contributed by atoms with Crippen molar-refractivity contribution in [3.05, 3.63) is 18.2 Å². The molecule has 0 bridgehead atoms. The monoisotopic (exact) mass is 470 g/mol. The molecule has 2 N–H and O–H groups in total. The zero-order valence-corrected chi connectivity index (χ0v) is 20.6. The number of nitrogens with two attached hydrogens (primary N) is 1. The molecule has 0 aliphatic carbocycles. The van der Waals surface area contributed by atoms with E-state index in [1.807, 2.05) is 53.4 Å². The Labute approximate surface area is 190 Å². The lowest BCUT2D eigenvalue weighted by Crippen LogP contribution is -2.71. The van der Waals surface area contributed by atoms with Gasteiger partial charge in [-0.15, -0.1) is 0 Å². The topological polar surface area (TPSA) is 124 Å². The van der Waals surface area contributed by atoms with Gasteiger partial charge >= 0.3 is 6.09 Å². The van der Waals surface area contributed by atoms with E-state index in [4.69, 9.17) is 19.3 Å². The number of primary sulfonamides is 1. The highest BCUT2D eigenvalue weighted by molar-refractivity contribution is 7.89. The van der Waals surface area contributed by atoms with Crippen molar-refractivity contribution in [2.75, 3.05) is 18.1 Å². The number of ether oxygens (including phenoxy) is 3. The molecule has 1 aromatic rings. The molecule has 2 aliphatic rings. The van der Waals surface area contributed by atoms with Gasteiger partial charge in [0.05, 0.1) is 13.2 Å². The van der Waals surface area contributed by atoms with Crippen molar-refractivity contribution in [2.24, 2.45) is 5.14 Å². The fourth-order valence-corrected chi connectivity index (χ4v) is 4.51. The molecule has 0 saturated carbocycles. The number of hydrogen-bond donors (Lipinski definition) is 1. The number of hydrogen-bond acceptors (Lipinski definition) is 8. The molecule has 0 spiro atoms. The SMILES string of the molecule is CC(C)(C)OC(=O)N1C(N(CC2COC(C)(C)O2)c2cccc(S(N)(=O)=O)n2)CC1(C)C. The summed E-state index contributed by atoms with van der Waals surface area (Å²) in [6, 6.07) is 4.60. The van der Waals surface area contributed by atoms with Crippen LogP contribution in [0.1, 0.15) is 54.9 Å². The minimum Gasteiger partial charge on any atom is -0.444 e. The fraction of sp³-hybridized carbons (Fsp3) is 0.714. The van der Waals surface area contributed by atoms with Gasteiger partial charge in [-0.05, 0) is 60.6 Å². The number of amides is 1. The molecule has 10 nitrogen and oxygen atoms in total. The van der Waals surface area contributed by atoms with Gasteiger partial charge in [0.1, 0.15) is 23.7 Å². The average molecular weight is 471 g/mol. The number of sulfonamides is 1. The molecule has 180 valence electrons. The summed E-state index contributed by atoms with van der Waals surface area (Å²) in [5.41, 5.74) is -1.11. The summed E-state index contributed by atoms with van der Waals surface area (Å²) in [4.78, 5) is 20.9. The van der Waals surface area contributed by atoms with Gasteiger partial charge in [0, 0.05) is 12.0 Å². The molecule has 2 fully saturated rings. The van der Waals surface area contributed by atoms with Crippen LogP contribution < -0.4 is 10.0 Å². The molecule has 2 atom stereocenters. The standard InChI is InChI=1S/C21H34N4O6S/c1-19(2,3)31-18(26)25-17(11-20(25,4)5)24(12-14-13-29-21(6,7)30-14)15-9-8-10-16(23-15)32(22,27)28/h8-10,14,17H,11-13H2,1-7H3,(H2,22,27,28). The summed E-state index contributed by atoms with van der Waals surface area (Å²) in [7, 11) is -3.99. The molecule has 0 aromatic carbocycles. The fourth-order valence-electron chi connectivity index (χ4n) is 4.02. The molecule has 0 radical (unpaired) electrons. The lowest BCUT2D eigenvalue weighted by molar-refractivity contribution is -0.138. The van der Waals surface area contributed by atoms with Gasteiger partial charge < -0.3 is 19.1 Å². The highest BCUT2D eigenvalue weighted by Gasteiger charge is 2.53. The third-order valence-electron chi connectivity index (χ3n) is 5.34. The van der Waals surface area contributed by atoms with Crippen LogP contribution in [0.5, 0.6) is 0 Å². The van der Waals surface area contributed by atoms with Crippen molar-refractivity contribution in [3.8, 4) is 0 Å². The Balaban J connectivity index is 1.96. The number of likely N-dealkylation sites (tertiary alicyclic amines) is 1. The smallest absolute Gasteiger partial charge is 0.412 e. The average Bonchev–Trinajstić information content (AvgIpc) is 2.94. The van der Waals surface area contributed by atoms with Gasteiger partial charge in [0.15, 0.2) is 10.8 Å². The van der Waals surface area contributed by atoms with Gasteiger partial charge in [-0.2, -0.15) is 0 Å². The summed E-state index contributed by atoms with van der Waals surface area (Å²) in [5.74, 6) is -0.352. The van der Waals surface area contributed by atoms with Crippen LogP contribution in [0.3, 0.4) is 0 Å². The first-order chi connectivity index (χ1) is 14.5. The predicted molar refractivity (Wildman–Crippen MR) is 118 cm³/mol. The number of rotatable bonds is 5. The van der Waals surface area contributed by atoms with E-state index in [1.165, 1.54) is 6.07 Å². The van der Waals surface area contributed by atoms with E-state index in [0.717, 1.165) is 0 Å². The van der Waals surface area contributed by atoms with E-state index in [-0.39, 0.29) is 11.1 Å². The number of carbonyl (C=O) groups is 1. The Morgan fingerprint density at radius 3 is 2.47 bits per heavy atom. The molecule has 32 heavy (non-hydrogen) atoms. The zero-order chi connectivity index (χ0) is 24.1. The Morgan fingerprint density at radius 1 is 1.31 bits per heavy atom. The van der Waals surface area contributed by atoms with E-state index >= 15 is 0 Å². The molecule has 1 amide bonds. The van der Waals surface area contributed by atoms with Gasteiger partial charge in [0.2, 0.25) is 0 Å². The van der Waals surface area contributed by atoms with Crippen LogP contribution in [0.4, 0.5) is 10.6 Å². The van der Waals surface area contributed by atoms with E-state index in [0.29, 0.717) is 25.4 Å². The molecule has 2 aliphatic heterocycles. The van der Waals surface area contributed by atoms with Gasteiger partial charge in [-0.25, -0.2) is 23.3 Å². The van der Waals surface area contributed by atoms with E-state index in [2.05, 4.69) is 4.98 Å². The van der Waals surface area contributed by atoms with Crippen molar-refractivity contribution in [1.82, 2.24) is 9.88 Å². The third kappa shape index (κ3) is 5.51. The number of carbonyl (C=O) groups excluding carboxylic acids is 1. The van der Waals surface area contributed by atoms with Crippen molar-refractivity contribution in [1.29, 1.82) is 0 Å². The first-order valence-corrected chi connectivity index (χ1v) is 12.1. The third-order valence-corrected chi connectivity index (χ3v) is 6.15. The van der Waals surface area contributed by atoms with Crippen LogP contribution in [-0.4, -0.2) is 66.7 Å². The van der Waals surface area contributed by atoms with Crippen molar-refractivity contribution < 1.29 is 27.4 Å². The maximum Gasteiger partial charge on any atom is 0.412 e. The van der Waals surface area contributed by atoms with Crippen LogP contribution >= 0.6 is 0 Å². The molecular weight excluding hydrogens is 436 g/mol. The van der Waals surface area contributed by atoms with Crippen LogP contribution in [0.15, 0.2) is 23.2 Å². The normalized spacial score (nSPS) is 24.7. The van der Waals surface area contributed by atoms with Crippen LogP contribution in [0.2, 0.25) is 0 Å². The van der Waals surface area contributed by atoms with Crippen molar-refractivity contribution in [3.63, 3.8) is 0 Å². The molecule has 3 heterocycles. The minimum absolute atomic E-state index is 0.244. The first kappa shape index (κ1) is 24.7. The first-order valence-electron chi connectivity index (χ1n) is 10.6. The molecule has 2 unspecified atom stereocenters. The van der Waals surface area contributed by atoms with E-state index in [9.17, 15) is 13.2 Å². The van der Waals surface area contributed by atoms with Crippen molar-refractivity contribution in [2.45, 2.75) is 89.1 Å². The number of pyridine rings is 1. The number of nitrogens with zero attached hydrogens (tertiary/aromatic N) is 3. The number of anilines is 1. The Hall–Kier alpha value is -1.95. The minimum atomic E-state index is -3.99. The van der Waals surface area contributed by atoms with Crippen LogP contribution in [0.25, 0.3) is 0 Å². The van der Waals surface area contributed by atoms with Crippen LogP contribution in [-0.2, 0) is 24.2 Å². The summed E-state index contributed by atoms with van der Waals surface area (Å²) >= 11 is 0. The molecular formula is C21H34N4O6S. The summed E-state index contributed by atoms with van der Waals surface area (Å²) in [6.07, 6.45) is -0.524. The van der Waals surface area contributed by atoms with Crippen molar-refractivity contribution >= 4 is 21.9 Å². The van der Waals surface area contributed by atoms with E-state index < -0.39 is 39.2 Å². The highest BCUT2D eigenvalue weighted by atomic mass is 32.2. The maximum absolute atomic E-state index is 13.1. The molecule has 3 rings (SSSR count). The Bertz CT molecular complexity index is 973. The Morgan fingerprint density at radius 2 is 1.97 bits per heavy atom. The lowest BCUT2D eigenvalue weighted by Gasteiger charge is -2.58. The second kappa shape index (κ2) is 8.12. The quantitative estimate of drug-likeness (QED) is 0.696. The van der Waals surface area contributed by atoms with Crippen LogP contribution in [0, 0.1) is 0 Å². The molecule has 2 saturated heterocycles. The Kier molecular flexibility index (Phi) is 6.27. The molecule has 11 heteroatoms. The summed E-state index contributed by atoms with van der Waals surface area (Å²) in [5, 5.41) is 5.05. The number of aromatic nitrogens is 1. The maximum atomic E-state index is 13.1. The highest BCUT2D eigenvalue weighted by Crippen LogP contribution is 2.41. The lowest BCUT2D eigenvalue weighted by atomic mass is 9.85. The second-order valence-corrected chi connectivity index (χ2v) is 11.8. The van der Waals surface area contributed by atoms with Gasteiger partial charge in [-0.3, -0.25) is 4.90 Å². The van der Waals surface area contributed by atoms with Gasteiger partial charge in [-0.1, -0.05) is 6.07 Å². The predicted octanol–water partition coefficient (Wildman–Crippen LogP) is 2.43. The van der Waals surface area contributed by atoms with Gasteiger partial charge in [0.25, 0.3) is 10.0 Å².